The van der Waals surface area contributed by atoms with Gasteiger partial charge in [-0.3, -0.25) is 10.1 Å². The molecule has 1 amide bonds. The monoisotopic (exact) mass is 288 g/mol. The average Bonchev–Trinajstić information content (AvgIpc) is 2.76. The number of amides is 1. The minimum Gasteiger partial charge on any atom is -0.298 e. The number of aryl methyl sites for hydroxylation is 1. The van der Waals surface area contributed by atoms with Crippen LogP contribution in [0.2, 0.25) is 0 Å². The summed E-state index contributed by atoms with van der Waals surface area (Å²) in [6.45, 7) is 0.101. The fourth-order valence-electron chi connectivity index (χ4n) is 1.18. The largest absolute Gasteiger partial charge is 0.298 e. The number of nitrogens with one attached hydrogen (secondary N) is 1. The SMILES string of the molecule is Cc1csc(NC(=O)c2ccc(F)cc2)n1.FCF. The Kier molecular flexibility index (Phi) is 6.01. The maximum Gasteiger partial charge on any atom is 0.257 e. The Bertz CT molecular complexity index is 528. The normalized spacial score (nSPS) is 9.47. The van der Waals surface area contributed by atoms with Crippen molar-refractivity contribution in [3.63, 3.8) is 0 Å². The van der Waals surface area contributed by atoms with E-state index in [0.29, 0.717) is 10.7 Å². The van der Waals surface area contributed by atoms with Crippen LogP contribution in [-0.2, 0) is 0 Å². The second-order valence-electron chi connectivity index (χ2n) is 3.36. The van der Waals surface area contributed by atoms with E-state index in [-0.39, 0.29) is 11.7 Å². The van der Waals surface area contributed by atoms with Crippen LogP contribution in [0.3, 0.4) is 0 Å². The Morgan fingerprint density at radius 1 is 1.32 bits per heavy atom. The van der Waals surface area contributed by atoms with E-state index >= 15 is 0 Å². The van der Waals surface area contributed by atoms with Crippen molar-refractivity contribution in [2.45, 2.75) is 6.92 Å². The summed E-state index contributed by atoms with van der Waals surface area (Å²) < 4.78 is 31.9. The molecule has 0 aliphatic carbocycles. The fourth-order valence-corrected chi connectivity index (χ4v) is 1.87. The summed E-state index contributed by atoms with van der Waals surface area (Å²) in [5.41, 5.74) is 1.27. The molecule has 0 radical (unpaired) electrons. The van der Waals surface area contributed by atoms with Crippen LogP contribution in [0.1, 0.15) is 16.1 Å². The molecule has 0 aliphatic heterocycles. The molecule has 1 aromatic carbocycles. The van der Waals surface area contributed by atoms with Crippen LogP contribution >= 0.6 is 11.3 Å². The number of alkyl halides is 2. The second kappa shape index (κ2) is 7.52. The number of thiazole rings is 1. The zero-order chi connectivity index (χ0) is 14.3. The van der Waals surface area contributed by atoms with Gasteiger partial charge in [0.15, 0.2) is 5.13 Å². The highest BCUT2D eigenvalue weighted by Gasteiger charge is 2.07. The van der Waals surface area contributed by atoms with Crippen molar-refractivity contribution in [3.8, 4) is 0 Å². The van der Waals surface area contributed by atoms with Crippen molar-refractivity contribution in [1.29, 1.82) is 0 Å². The third kappa shape index (κ3) is 5.09. The van der Waals surface area contributed by atoms with Crippen LogP contribution in [0.4, 0.5) is 18.3 Å². The Morgan fingerprint density at radius 2 is 1.89 bits per heavy atom. The number of nitrogens with zero attached hydrogens (tertiary/aromatic N) is 1. The minimum atomic E-state index is -1.75. The van der Waals surface area contributed by atoms with Crippen molar-refractivity contribution >= 4 is 22.4 Å². The van der Waals surface area contributed by atoms with E-state index in [4.69, 9.17) is 0 Å². The predicted molar refractivity (Wildman–Crippen MR) is 68.3 cm³/mol. The van der Waals surface area contributed by atoms with E-state index in [9.17, 15) is 18.0 Å². The lowest BCUT2D eigenvalue weighted by Crippen LogP contribution is -2.11. The second-order valence-corrected chi connectivity index (χ2v) is 4.21. The van der Waals surface area contributed by atoms with Gasteiger partial charge in [-0.15, -0.1) is 11.3 Å². The molecule has 0 saturated carbocycles. The van der Waals surface area contributed by atoms with Gasteiger partial charge in [0.05, 0.1) is 5.69 Å². The van der Waals surface area contributed by atoms with Crippen LogP contribution in [0.15, 0.2) is 29.6 Å². The highest BCUT2D eigenvalue weighted by molar-refractivity contribution is 7.13. The van der Waals surface area contributed by atoms with E-state index < -0.39 is 6.93 Å². The number of hydrogen-bond acceptors (Lipinski definition) is 3. The number of benzene rings is 1. The summed E-state index contributed by atoms with van der Waals surface area (Å²) >= 11 is 1.36. The summed E-state index contributed by atoms with van der Waals surface area (Å²) in [5.74, 6) is -0.643. The molecule has 1 heterocycles. The van der Waals surface area contributed by atoms with Crippen molar-refractivity contribution in [2.75, 3.05) is 12.2 Å². The number of carbonyl (C=O) groups is 1. The third-order valence-corrected chi connectivity index (χ3v) is 2.82. The first kappa shape index (κ1) is 15.2. The first-order valence-corrected chi connectivity index (χ1v) is 6.05. The van der Waals surface area contributed by atoms with E-state index in [1.807, 2.05) is 12.3 Å². The molecule has 3 nitrogen and oxygen atoms in total. The Labute approximate surface area is 112 Å². The first-order chi connectivity index (χ1) is 9.06. The number of carbonyl (C=O) groups excluding carboxylic acids is 1. The molecule has 102 valence electrons. The number of rotatable bonds is 2. The van der Waals surface area contributed by atoms with Crippen molar-refractivity contribution in [3.05, 3.63) is 46.7 Å². The van der Waals surface area contributed by atoms with Gasteiger partial charge in [0.25, 0.3) is 5.91 Å². The van der Waals surface area contributed by atoms with Crippen molar-refractivity contribution in [1.82, 2.24) is 4.98 Å². The summed E-state index contributed by atoms with van der Waals surface area (Å²) in [6.07, 6.45) is 0. The molecule has 2 aromatic rings. The summed E-state index contributed by atoms with van der Waals surface area (Å²) in [5, 5.41) is 5.04. The topological polar surface area (TPSA) is 42.0 Å². The summed E-state index contributed by atoms with van der Waals surface area (Å²) in [7, 11) is 0. The first-order valence-electron chi connectivity index (χ1n) is 5.17. The summed E-state index contributed by atoms with van der Waals surface area (Å²) in [4.78, 5) is 15.8. The van der Waals surface area contributed by atoms with E-state index in [1.54, 1.807) is 0 Å². The van der Waals surface area contributed by atoms with E-state index in [0.717, 1.165) is 5.69 Å². The lowest BCUT2D eigenvalue weighted by Gasteiger charge is -2.00. The molecule has 0 saturated heterocycles. The van der Waals surface area contributed by atoms with Crippen LogP contribution in [-0.4, -0.2) is 17.8 Å². The molecule has 0 spiro atoms. The molecule has 0 unspecified atom stereocenters. The Hall–Kier alpha value is -1.89. The van der Waals surface area contributed by atoms with Gasteiger partial charge in [-0.05, 0) is 31.2 Å². The quantitative estimate of drug-likeness (QED) is 0.915. The molecular formula is C12H11F3N2OS. The Balaban J connectivity index is 0.000000550. The third-order valence-electron chi connectivity index (χ3n) is 1.95. The molecule has 19 heavy (non-hydrogen) atoms. The molecule has 1 N–H and O–H groups in total. The van der Waals surface area contributed by atoms with Gasteiger partial charge in [0.2, 0.25) is 6.93 Å². The zero-order valence-corrected chi connectivity index (χ0v) is 10.8. The van der Waals surface area contributed by atoms with Crippen LogP contribution in [0.25, 0.3) is 0 Å². The molecular weight excluding hydrogens is 277 g/mol. The highest BCUT2D eigenvalue weighted by atomic mass is 32.1. The van der Waals surface area contributed by atoms with E-state index in [1.165, 1.54) is 35.6 Å². The molecule has 0 atom stereocenters. The maximum atomic E-state index is 12.6. The van der Waals surface area contributed by atoms with E-state index in [2.05, 4.69) is 10.3 Å². The average molecular weight is 288 g/mol. The molecule has 0 aliphatic rings. The molecule has 2 rings (SSSR count). The summed E-state index contributed by atoms with van der Waals surface area (Å²) in [6, 6.07) is 5.38. The standard InChI is InChI=1S/C11H9FN2OS.CH2F2/c1-7-6-16-11(13-7)14-10(15)8-2-4-9(12)5-3-8;2-1-3/h2-6H,1H3,(H,13,14,15);1H2. The predicted octanol–water partition coefficient (Wildman–Crippen LogP) is 3.73. The van der Waals surface area contributed by atoms with Gasteiger partial charge in [-0.2, -0.15) is 0 Å². The van der Waals surface area contributed by atoms with Gasteiger partial charge >= 0.3 is 0 Å². The van der Waals surface area contributed by atoms with Gasteiger partial charge in [0, 0.05) is 10.9 Å². The number of hydrogen-bond donors (Lipinski definition) is 1. The van der Waals surface area contributed by atoms with Crippen LogP contribution in [0, 0.1) is 12.7 Å². The van der Waals surface area contributed by atoms with Gasteiger partial charge in [-0.1, -0.05) is 0 Å². The molecule has 0 fully saturated rings. The Morgan fingerprint density at radius 3 is 2.37 bits per heavy atom. The van der Waals surface area contributed by atoms with Gasteiger partial charge in [0.1, 0.15) is 5.82 Å². The number of anilines is 1. The number of aromatic nitrogens is 1. The zero-order valence-electron chi connectivity index (χ0n) is 9.99. The molecule has 1 aromatic heterocycles. The van der Waals surface area contributed by atoms with Crippen LogP contribution in [0.5, 0.6) is 0 Å². The fraction of sp³-hybridized carbons (Fsp3) is 0.167. The lowest BCUT2D eigenvalue weighted by molar-refractivity contribution is 0.102. The smallest absolute Gasteiger partial charge is 0.257 e. The lowest BCUT2D eigenvalue weighted by atomic mass is 10.2. The van der Waals surface area contributed by atoms with Gasteiger partial charge in [-0.25, -0.2) is 18.2 Å². The van der Waals surface area contributed by atoms with Crippen LogP contribution < -0.4 is 5.32 Å². The number of halogens is 3. The van der Waals surface area contributed by atoms with Gasteiger partial charge < -0.3 is 0 Å². The van der Waals surface area contributed by atoms with Crippen molar-refractivity contribution in [2.24, 2.45) is 0 Å². The van der Waals surface area contributed by atoms with Crippen molar-refractivity contribution < 1.29 is 18.0 Å². The maximum absolute atomic E-state index is 12.6. The molecule has 7 heteroatoms. The molecule has 0 bridgehead atoms. The minimum absolute atomic E-state index is 0.283. The highest BCUT2D eigenvalue weighted by Crippen LogP contribution is 2.15.